The summed E-state index contributed by atoms with van der Waals surface area (Å²) in [6, 6.07) is 1.98. The van der Waals surface area contributed by atoms with E-state index in [1.54, 1.807) is 0 Å². The van der Waals surface area contributed by atoms with Gasteiger partial charge >= 0.3 is 0 Å². The molecule has 0 saturated heterocycles. The van der Waals surface area contributed by atoms with Crippen molar-refractivity contribution in [1.82, 2.24) is 15.8 Å². The smallest absolute Gasteiger partial charge is 0.191 e. The number of aromatic nitrogens is 1. The number of hydrogen-bond acceptors (Lipinski definition) is 3. The van der Waals surface area contributed by atoms with E-state index in [9.17, 15) is 0 Å². The summed E-state index contributed by atoms with van der Waals surface area (Å²) in [5.41, 5.74) is 0.980. The van der Waals surface area contributed by atoms with E-state index in [0.29, 0.717) is 18.4 Å². The topological polar surface area (TPSA) is 62.5 Å². The second-order valence-corrected chi connectivity index (χ2v) is 5.68. The van der Waals surface area contributed by atoms with Crippen molar-refractivity contribution in [2.75, 3.05) is 13.1 Å². The average Bonchev–Trinajstić information content (AvgIpc) is 2.84. The monoisotopic (exact) mass is 280 g/mol. The third-order valence-electron chi connectivity index (χ3n) is 2.92. The minimum atomic E-state index is 0.383. The van der Waals surface area contributed by atoms with Gasteiger partial charge < -0.3 is 15.2 Å². The molecule has 5 heteroatoms. The molecule has 0 radical (unpaired) electrons. The lowest BCUT2D eigenvalue weighted by molar-refractivity contribution is 0.376. The highest BCUT2D eigenvalue weighted by Crippen LogP contribution is 2.14. The van der Waals surface area contributed by atoms with Gasteiger partial charge in [0, 0.05) is 19.2 Å². The first-order valence-corrected chi connectivity index (χ1v) is 7.50. The molecule has 0 fully saturated rings. The summed E-state index contributed by atoms with van der Waals surface area (Å²) in [5.74, 6) is 2.70. The fraction of sp³-hybridized carbons (Fsp3) is 0.733. The fourth-order valence-electron chi connectivity index (χ4n) is 1.65. The molecule has 0 bridgehead atoms. The largest absolute Gasteiger partial charge is 0.359 e. The summed E-state index contributed by atoms with van der Waals surface area (Å²) in [4.78, 5) is 4.51. The Labute approximate surface area is 122 Å². The van der Waals surface area contributed by atoms with E-state index in [1.807, 2.05) is 6.07 Å². The molecular formula is C15H28N4O. The zero-order valence-electron chi connectivity index (χ0n) is 13.4. The van der Waals surface area contributed by atoms with Crippen LogP contribution in [0.3, 0.4) is 0 Å². The molecule has 1 aromatic heterocycles. The van der Waals surface area contributed by atoms with Gasteiger partial charge in [-0.2, -0.15) is 0 Å². The van der Waals surface area contributed by atoms with Gasteiger partial charge in [-0.3, -0.25) is 0 Å². The highest BCUT2D eigenvalue weighted by molar-refractivity contribution is 5.79. The van der Waals surface area contributed by atoms with Crippen LogP contribution in [-0.4, -0.2) is 24.2 Å². The highest BCUT2D eigenvalue weighted by Gasteiger charge is 2.07. The Morgan fingerprint density at radius 1 is 1.30 bits per heavy atom. The van der Waals surface area contributed by atoms with Crippen LogP contribution in [0, 0.1) is 5.92 Å². The van der Waals surface area contributed by atoms with Crippen molar-refractivity contribution in [3.05, 3.63) is 17.5 Å². The van der Waals surface area contributed by atoms with E-state index in [-0.39, 0.29) is 0 Å². The molecule has 0 saturated carbocycles. The van der Waals surface area contributed by atoms with Crippen LogP contribution in [0.2, 0.25) is 0 Å². The number of nitrogens with one attached hydrogen (secondary N) is 2. The molecule has 0 aromatic carbocycles. The summed E-state index contributed by atoms with van der Waals surface area (Å²) < 4.78 is 5.28. The van der Waals surface area contributed by atoms with Crippen LogP contribution in [0.1, 0.15) is 58.4 Å². The van der Waals surface area contributed by atoms with Crippen LogP contribution in [0.4, 0.5) is 0 Å². The Balaban J connectivity index is 2.52. The number of nitrogens with zero attached hydrogens (tertiary/aromatic N) is 2. The summed E-state index contributed by atoms with van der Waals surface area (Å²) in [6.07, 6.45) is 1.13. The molecule has 0 unspecified atom stereocenters. The van der Waals surface area contributed by atoms with Crippen LogP contribution < -0.4 is 10.6 Å². The van der Waals surface area contributed by atoms with Crippen molar-refractivity contribution in [2.45, 2.75) is 53.5 Å². The summed E-state index contributed by atoms with van der Waals surface area (Å²) in [7, 11) is 0. The van der Waals surface area contributed by atoms with Crippen molar-refractivity contribution in [3.63, 3.8) is 0 Å². The molecule has 1 heterocycles. The maximum Gasteiger partial charge on any atom is 0.191 e. The predicted octanol–water partition coefficient (Wildman–Crippen LogP) is 2.90. The quantitative estimate of drug-likeness (QED) is 0.595. The molecule has 114 valence electrons. The number of guanidine groups is 1. The van der Waals surface area contributed by atoms with Crippen LogP contribution in [0.5, 0.6) is 0 Å². The molecule has 2 N–H and O–H groups in total. The van der Waals surface area contributed by atoms with Crippen molar-refractivity contribution in [2.24, 2.45) is 10.9 Å². The van der Waals surface area contributed by atoms with Gasteiger partial charge in [-0.15, -0.1) is 0 Å². The Morgan fingerprint density at radius 2 is 2.05 bits per heavy atom. The second kappa shape index (κ2) is 8.61. The normalized spacial score (nSPS) is 12.2. The van der Waals surface area contributed by atoms with Crippen LogP contribution in [0.25, 0.3) is 0 Å². The standard InChI is InChI=1S/C15H28N4O/c1-6-16-15(17-8-7-11(2)3)18-10-13-9-14(12(4)5)19-20-13/h9,11-12H,6-8,10H2,1-5H3,(H2,16,17,18). The molecule has 0 amide bonds. The van der Waals surface area contributed by atoms with Crippen molar-refractivity contribution in [1.29, 1.82) is 0 Å². The second-order valence-electron chi connectivity index (χ2n) is 5.68. The van der Waals surface area contributed by atoms with Crippen LogP contribution in [0.15, 0.2) is 15.6 Å². The van der Waals surface area contributed by atoms with Gasteiger partial charge in [0.25, 0.3) is 0 Å². The molecule has 1 rings (SSSR count). The van der Waals surface area contributed by atoms with Gasteiger partial charge in [-0.05, 0) is 25.2 Å². The maximum absolute atomic E-state index is 5.28. The lowest BCUT2D eigenvalue weighted by Gasteiger charge is -2.11. The van der Waals surface area contributed by atoms with Gasteiger partial charge in [-0.25, -0.2) is 4.99 Å². The molecule has 0 aliphatic carbocycles. The summed E-state index contributed by atoms with van der Waals surface area (Å²) in [5, 5.41) is 10.6. The Kier molecular flexibility index (Phi) is 7.12. The van der Waals surface area contributed by atoms with Gasteiger partial charge in [0.1, 0.15) is 6.54 Å². The SMILES string of the molecule is CCNC(=NCc1cc(C(C)C)no1)NCCC(C)C. The first-order chi connectivity index (χ1) is 9.52. The lowest BCUT2D eigenvalue weighted by atomic mass is 10.1. The van der Waals surface area contributed by atoms with E-state index in [0.717, 1.165) is 36.9 Å². The minimum absolute atomic E-state index is 0.383. The van der Waals surface area contributed by atoms with E-state index in [1.165, 1.54) is 0 Å². The van der Waals surface area contributed by atoms with E-state index in [4.69, 9.17) is 4.52 Å². The minimum Gasteiger partial charge on any atom is -0.359 e. The third-order valence-corrected chi connectivity index (χ3v) is 2.92. The Morgan fingerprint density at radius 3 is 2.60 bits per heavy atom. The zero-order valence-corrected chi connectivity index (χ0v) is 13.4. The number of rotatable bonds is 7. The summed E-state index contributed by atoms with van der Waals surface area (Å²) >= 11 is 0. The highest BCUT2D eigenvalue weighted by atomic mass is 16.5. The van der Waals surface area contributed by atoms with Crippen molar-refractivity contribution >= 4 is 5.96 Å². The number of hydrogen-bond donors (Lipinski definition) is 2. The lowest BCUT2D eigenvalue weighted by Crippen LogP contribution is -2.38. The molecule has 0 atom stereocenters. The number of aliphatic imine (C=N–C) groups is 1. The predicted molar refractivity (Wildman–Crippen MR) is 82.9 cm³/mol. The van der Waals surface area contributed by atoms with E-state index < -0.39 is 0 Å². The van der Waals surface area contributed by atoms with Crippen LogP contribution in [-0.2, 0) is 6.54 Å². The Bertz CT molecular complexity index is 410. The molecule has 0 spiro atoms. The van der Waals surface area contributed by atoms with Gasteiger partial charge in [0.05, 0.1) is 5.69 Å². The Hall–Kier alpha value is -1.52. The maximum atomic E-state index is 5.28. The molecule has 20 heavy (non-hydrogen) atoms. The third kappa shape index (κ3) is 6.08. The van der Waals surface area contributed by atoms with Crippen LogP contribution >= 0.6 is 0 Å². The van der Waals surface area contributed by atoms with Gasteiger partial charge in [0.2, 0.25) is 0 Å². The molecule has 0 aliphatic heterocycles. The van der Waals surface area contributed by atoms with E-state index in [2.05, 4.69) is 55.4 Å². The molecule has 1 aromatic rings. The first-order valence-electron chi connectivity index (χ1n) is 7.50. The van der Waals surface area contributed by atoms with Gasteiger partial charge in [0.15, 0.2) is 11.7 Å². The summed E-state index contributed by atoms with van der Waals surface area (Å²) in [6.45, 7) is 13.0. The molecular weight excluding hydrogens is 252 g/mol. The first kappa shape index (κ1) is 16.5. The van der Waals surface area contributed by atoms with E-state index >= 15 is 0 Å². The average molecular weight is 280 g/mol. The molecule has 0 aliphatic rings. The molecule has 5 nitrogen and oxygen atoms in total. The fourth-order valence-corrected chi connectivity index (χ4v) is 1.65. The van der Waals surface area contributed by atoms with Crippen molar-refractivity contribution < 1.29 is 4.52 Å². The van der Waals surface area contributed by atoms with Crippen molar-refractivity contribution in [3.8, 4) is 0 Å². The zero-order chi connectivity index (χ0) is 15.0. The van der Waals surface area contributed by atoms with Gasteiger partial charge in [-0.1, -0.05) is 32.9 Å².